The highest BCUT2D eigenvalue weighted by Crippen LogP contribution is 2.28. The molecule has 112 valence electrons. The summed E-state index contributed by atoms with van der Waals surface area (Å²) in [6.07, 6.45) is 0.975. The van der Waals surface area contributed by atoms with Crippen molar-refractivity contribution in [2.45, 2.75) is 33.2 Å². The molecule has 5 heteroatoms. The second kappa shape index (κ2) is 7.09. The summed E-state index contributed by atoms with van der Waals surface area (Å²) in [7, 11) is 0. The monoisotopic (exact) mass is 351 g/mol. The average molecular weight is 352 g/mol. The third-order valence-electron chi connectivity index (χ3n) is 3.32. The van der Waals surface area contributed by atoms with Crippen LogP contribution in [0.1, 0.15) is 41.9 Å². The smallest absolute Gasteiger partial charge is 0.128 e. The fraction of sp³-hybridized carbons (Fsp3) is 0.375. The van der Waals surface area contributed by atoms with Crippen LogP contribution in [0.15, 0.2) is 28.7 Å². The first-order valence-corrected chi connectivity index (χ1v) is 7.81. The van der Waals surface area contributed by atoms with Crippen LogP contribution in [-0.2, 0) is 0 Å². The predicted octanol–water partition coefficient (Wildman–Crippen LogP) is 4.08. The highest BCUT2D eigenvalue weighted by molar-refractivity contribution is 9.10. The zero-order chi connectivity index (χ0) is 15.4. The molecule has 0 saturated carbocycles. The maximum Gasteiger partial charge on any atom is 0.128 e. The highest BCUT2D eigenvalue weighted by atomic mass is 79.9. The van der Waals surface area contributed by atoms with E-state index in [1.54, 1.807) is 6.07 Å². The maximum atomic E-state index is 14.3. The summed E-state index contributed by atoms with van der Waals surface area (Å²) < 4.78 is 15.1. The summed E-state index contributed by atoms with van der Waals surface area (Å²) in [6, 6.07) is 6.75. The van der Waals surface area contributed by atoms with Gasteiger partial charge in [0.1, 0.15) is 5.82 Å². The van der Waals surface area contributed by atoms with Crippen LogP contribution in [0.4, 0.5) is 4.39 Å². The molecule has 2 aromatic rings. The Bertz CT molecular complexity index is 579. The fourth-order valence-electron chi connectivity index (χ4n) is 2.27. The van der Waals surface area contributed by atoms with Crippen molar-refractivity contribution in [3.63, 3.8) is 0 Å². The molecule has 0 radical (unpaired) electrons. The Morgan fingerprint density at radius 2 is 1.95 bits per heavy atom. The Balaban J connectivity index is 2.52. The van der Waals surface area contributed by atoms with Gasteiger partial charge in [0.25, 0.3) is 0 Å². The van der Waals surface area contributed by atoms with Gasteiger partial charge in [-0.2, -0.15) is 10.2 Å². The zero-order valence-electron chi connectivity index (χ0n) is 12.5. The molecule has 0 fully saturated rings. The summed E-state index contributed by atoms with van der Waals surface area (Å²) in [5.41, 5.74) is 3.23. The van der Waals surface area contributed by atoms with Gasteiger partial charge in [0.2, 0.25) is 0 Å². The molecule has 0 aliphatic rings. The van der Waals surface area contributed by atoms with Crippen LogP contribution >= 0.6 is 15.9 Å². The molecule has 1 aromatic carbocycles. The van der Waals surface area contributed by atoms with Gasteiger partial charge in [-0.05, 0) is 56.6 Å². The Morgan fingerprint density at radius 3 is 2.67 bits per heavy atom. The van der Waals surface area contributed by atoms with E-state index in [1.165, 1.54) is 6.07 Å². The van der Waals surface area contributed by atoms with E-state index in [0.717, 1.165) is 34.4 Å². The molecule has 1 atom stereocenters. The number of halogens is 2. The first kappa shape index (κ1) is 16.0. The van der Waals surface area contributed by atoms with Crippen LogP contribution in [0.25, 0.3) is 0 Å². The minimum absolute atomic E-state index is 0.222. The van der Waals surface area contributed by atoms with E-state index in [2.05, 4.69) is 38.4 Å². The van der Waals surface area contributed by atoms with E-state index in [1.807, 2.05) is 26.0 Å². The molecular weight excluding hydrogens is 333 g/mol. The minimum Gasteiger partial charge on any atom is -0.306 e. The van der Waals surface area contributed by atoms with E-state index < -0.39 is 0 Å². The van der Waals surface area contributed by atoms with E-state index in [9.17, 15) is 4.39 Å². The lowest BCUT2D eigenvalue weighted by atomic mass is 9.97. The van der Waals surface area contributed by atoms with Crippen LogP contribution in [0.5, 0.6) is 0 Å². The Labute approximate surface area is 133 Å². The molecule has 3 nitrogen and oxygen atoms in total. The molecule has 2 rings (SSSR count). The normalized spacial score (nSPS) is 12.4. The van der Waals surface area contributed by atoms with Crippen molar-refractivity contribution in [2.75, 3.05) is 6.54 Å². The number of benzene rings is 1. The molecule has 0 saturated heterocycles. The number of hydrogen-bond acceptors (Lipinski definition) is 3. The van der Waals surface area contributed by atoms with Gasteiger partial charge in [-0.3, -0.25) is 0 Å². The lowest BCUT2D eigenvalue weighted by Crippen LogP contribution is -2.25. The zero-order valence-corrected chi connectivity index (χ0v) is 14.0. The predicted molar refractivity (Wildman–Crippen MR) is 85.7 cm³/mol. The molecule has 1 unspecified atom stereocenters. The van der Waals surface area contributed by atoms with Crippen molar-refractivity contribution in [3.05, 3.63) is 57.1 Å². The topological polar surface area (TPSA) is 37.8 Å². The van der Waals surface area contributed by atoms with Gasteiger partial charge in [-0.15, -0.1) is 0 Å². The summed E-state index contributed by atoms with van der Waals surface area (Å²) in [5.74, 6) is -0.222. The van der Waals surface area contributed by atoms with Gasteiger partial charge in [0, 0.05) is 10.0 Å². The summed E-state index contributed by atoms with van der Waals surface area (Å²) >= 11 is 3.42. The van der Waals surface area contributed by atoms with Gasteiger partial charge in [-0.1, -0.05) is 22.9 Å². The van der Waals surface area contributed by atoms with Crippen LogP contribution in [-0.4, -0.2) is 16.7 Å². The number of nitrogens with one attached hydrogen (secondary N) is 1. The lowest BCUT2D eigenvalue weighted by Gasteiger charge is -2.22. The number of rotatable bonds is 5. The van der Waals surface area contributed by atoms with Crippen molar-refractivity contribution in [1.82, 2.24) is 15.5 Å². The molecule has 0 bridgehead atoms. The number of aryl methyl sites for hydroxylation is 2. The molecule has 0 amide bonds. The molecule has 0 aliphatic carbocycles. The standard InChI is InChI=1S/C16H19BrFN3/c1-4-7-19-16(13-8-10(2)20-21-11(13)3)14-9-12(17)5-6-15(14)18/h5-6,8-9,16,19H,4,7H2,1-3H3. The highest BCUT2D eigenvalue weighted by Gasteiger charge is 2.20. The molecule has 0 spiro atoms. The fourth-order valence-corrected chi connectivity index (χ4v) is 2.65. The summed E-state index contributed by atoms with van der Waals surface area (Å²) in [4.78, 5) is 0. The van der Waals surface area contributed by atoms with Crippen molar-refractivity contribution < 1.29 is 4.39 Å². The average Bonchev–Trinajstić information content (AvgIpc) is 2.46. The first-order chi connectivity index (χ1) is 10.0. The van der Waals surface area contributed by atoms with E-state index >= 15 is 0 Å². The molecule has 1 heterocycles. The van der Waals surface area contributed by atoms with Crippen LogP contribution in [0.3, 0.4) is 0 Å². The SMILES string of the molecule is CCCNC(c1cc(Br)ccc1F)c1cc(C)nnc1C. The van der Waals surface area contributed by atoms with Gasteiger partial charge in [-0.25, -0.2) is 4.39 Å². The largest absolute Gasteiger partial charge is 0.306 e. The van der Waals surface area contributed by atoms with Crippen molar-refractivity contribution in [2.24, 2.45) is 0 Å². The van der Waals surface area contributed by atoms with Crippen LogP contribution in [0.2, 0.25) is 0 Å². The third kappa shape index (κ3) is 3.86. The quantitative estimate of drug-likeness (QED) is 0.881. The summed E-state index contributed by atoms with van der Waals surface area (Å²) in [6.45, 7) is 6.68. The Hall–Kier alpha value is -1.33. The molecule has 1 aromatic heterocycles. The third-order valence-corrected chi connectivity index (χ3v) is 3.81. The molecule has 1 N–H and O–H groups in total. The van der Waals surface area contributed by atoms with Gasteiger partial charge >= 0.3 is 0 Å². The first-order valence-electron chi connectivity index (χ1n) is 7.02. The van der Waals surface area contributed by atoms with Crippen LogP contribution in [0, 0.1) is 19.7 Å². The van der Waals surface area contributed by atoms with Crippen LogP contribution < -0.4 is 5.32 Å². The summed E-state index contributed by atoms with van der Waals surface area (Å²) in [5, 5.41) is 11.6. The van der Waals surface area contributed by atoms with Crippen molar-refractivity contribution >= 4 is 15.9 Å². The molecule has 0 aliphatic heterocycles. The van der Waals surface area contributed by atoms with E-state index in [0.29, 0.717) is 5.56 Å². The van der Waals surface area contributed by atoms with Gasteiger partial charge in [0.05, 0.1) is 17.4 Å². The van der Waals surface area contributed by atoms with Crippen molar-refractivity contribution in [1.29, 1.82) is 0 Å². The Kier molecular flexibility index (Phi) is 5.42. The number of nitrogens with zero attached hydrogens (tertiary/aromatic N) is 2. The molecular formula is C16H19BrFN3. The van der Waals surface area contributed by atoms with Crippen molar-refractivity contribution in [3.8, 4) is 0 Å². The minimum atomic E-state index is -0.225. The van der Waals surface area contributed by atoms with E-state index in [-0.39, 0.29) is 11.9 Å². The van der Waals surface area contributed by atoms with Gasteiger partial charge in [0.15, 0.2) is 0 Å². The Morgan fingerprint density at radius 1 is 1.19 bits per heavy atom. The maximum absolute atomic E-state index is 14.3. The lowest BCUT2D eigenvalue weighted by molar-refractivity contribution is 0.542. The number of hydrogen-bond donors (Lipinski definition) is 1. The van der Waals surface area contributed by atoms with Gasteiger partial charge < -0.3 is 5.32 Å². The number of aromatic nitrogens is 2. The van der Waals surface area contributed by atoms with E-state index in [4.69, 9.17) is 0 Å². The molecule has 21 heavy (non-hydrogen) atoms. The second-order valence-corrected chi connectivity index (χ2v) is 6.00. The second-order valence-electron chi connectivity index (χ2n) is 5.08.